The van der Waals surface area contributed by atoms with Gasteiger partial charge in [-0.05, 0) is 30.7 Å². The molecule has 184 valence electrons. The first-order valence-corrected chi connectivity index (χ1v) is 12.1. The Morgan fingerprint density at radius 1 is 0.743 bits per heavy atom. The second kappa shape index (κ2) is 9.45. The monoisotopic (exact) mass is 552 g/mol. The van der Waals surface area contributed by atoms with Gasteiger partial charge in [-0.2, -0.15) is 26.3 Å². The number of carbonyl (C=O) groups excluding carboxylic acids is 2. The maximum absolute atomic E-state index is 14.4. The molecule has 1 atom stereocenters. The lowest BCUT2D eigenvalue weighted by atomic mass is 10.0. The van der Waals surface area contributed by atoms with Crippen LogP contribution in [-0.4, -0.2) is 11.0 Å². The Labute approximate surface area is 205 Å². The Morgan fingerprint density at radius 2 is 1.26 bits per heavy atom. The predicted molar refractivity (Wildman–Crippen MR) is 120 cm³/mol. The molecule has 3 rings (SSSR count). The Kier molecular flexibility index (Phi) is 7.29. The van der Waals surface area contributed by atoms with Gasteiger partial charge in [0.25, 0.3) is 7.14 Å². The molecule has 0 amide bonds. The molecule has 35 heavy (non-hydrogen) atoms. The molecule has 12 heteroatoms. The summed E-state index contributed by atoms with van der Waals surface area (Å²) in [5, 5.41) is -1.85. The van der Waals surface area contributed by atoms with E-state index >= 15 is 0 Å². The minimum atomic E-state index is -5.53. The molecule has 0 saturated carbocycles. The van der Waals surface area contributed by atoms with Crippen LogP contribution in [0.2, 0.25) is 10.0 Å². The maximum atomic E-state index is 14.4. The molecule has 0 aromatic heterocycles. The summed E-state index contributed by atoms with van der Waals surface area (Å²) in [6, 6.07) is 9.64. The molecule has 3 nitrogen and oxygen atoms in total. The first-order valence-electron chi connectivity index (χ1n) is 9.59. The Balaban J connectivity index is 2.49. The van der Waals surface area contributed by atoms with Crippen LogP contribution in [0.1, 0.15) is 37.4 Å². The zero-order valence-corrected chi connectivity index (χ0v) is 19.9. The average Bonchev–Trinajstić information content (AvgIpc) is 2.79. The highest BCUT2D eigenvalue weighted by Gasteiger charge is 2.51. The standard InChI is InChI=1S/C23H13Cl2F6O3P/c1-12-10-11-16(24)19(18(12)25)35(34,20(32)13-6-3-2-4-7-13)21(33)17-14(22(26,27)28)8-5-9-15(17)23(29,30)31/h2-11H,1H3. The molecule has 0 fully saturated rings. The van der Waals surface area contributed by atoms with Gasteiger partial charge in [0, 0.05) is 5.56 Å². The van der Waals surface area contributed by atoms with Gasteiger partial charge >= 0.3 is 12.4 Å². The van der Waals surface area contributed by atoms with E-state index in [1.54, 1.807) is 0 Å². The lowest BCUT2D eigenvalue weighted by Crippen LogP contribution is -2.27. The summed E-state index contributed by atoms with van der Waals surface area (Å²) in [4.78, 5) is 27.1. The summed E-state index contributed by atoms with van der Waals surface area (Å²) in [6.07, 6.45) is -10.9. The molecular formula is C23H13Cl2F6O3P. The van der Waals surface area contributed by atoms with Crippen molar-refractivity contribution >= 4 is 46.7 Å². The van der Waals surface area contributed by atoms with Crippen molar-refractivity contribution in [2.24, 2.45) is 0 Å². The van der Waals surface area contributed by atoms with Gasteiger partial charge in [-0.15, -0.1) is 0 Å². The molecule has 3 aromatic carbocycles. The molecule has 3 aromatic rings. The second-order valence-electron chi connectivity index (χ2n) is 7.34. The molecule has 0 heterocycles. The average molecular weight is 553 g/mol. The minimum absolute atomic E-state index is 0.139. The van der Waals surface area contributed by atoms with Gasteiger partial charge in [0.1, 0.15) is 0 Å². The third-order valence-corrected chi connectivity index (χ3v) is 8.84. The minimum Gasteiger partial charge on any atom is -0.302 e. The van der Waals surface area contributed by atoms with Gasteiger partial charge in [-0.1, -0.05) is 65.7 Å². The van der Waals surface area contributed by atoms with Crippen LogP contribution in [0.4, 0.5) is 26.3 Å². The normalized spacial score (nSPS) is 13.9. The zero-order valence-electron chi connectivity index (χ0n) is 17.5. The van der Waals surface area contributed by atoms with Gasteiger partial charge in [-0.3, -0.25) is 9.59 Å². The Bertz CT molecular complexity index is 1340. The molecule has 0 aliphatic carbocycles. The van der Waals surface area contributed by atoms with E-state index in [-0.39, 0.29) is 17.7 Å². The quantitative estimate of drug-likeness (QED) is 0.238. The van der Waals surface area contributed by atoms with E-state index in [0.717, 1.165) is 18.2 Å². The summed E-state index contributed by atoms with van der Waals surface area (Å²) in [5.74, 6) is 0. The fourth-order valence-corrected chi connectivity index (χ4v) is 6.97. The lowest BCUT2D eigenvalue weighted by molar-refractivity contribution is -0.143. The van der Waals surface area contributed by atoms with Crippen molar-refractivity contribution in [1.82, 2.24) is 0 Å². The smallest absolute Gasteiger partial charge is 0.302 e. The second-order valence-corrected chi connectivity index (χ2v) is 10.6. The zero-order chi connectivity index (χ0) is 26.3. The summed E-state index contributed by atoms with van der Waals surface area (Å²) in [7, 11) is -5.53. The lowest BCUT2D eigenvalue weighted by Gasteiger charge is -2.23. The van der Waals surface area contributed by atoms with Crippen LogP contribution in [-0.2, 0) is 16.9 Å². The maximum Gasteiger partial charge on any atom is 0.417 e. The van der Waals surface area contributed by atoms with E-state index < -0.39 is 68.1 Å². The molecule has 0 bridgehead atoms. The third-order valence-electron chi connectivity index (χ3n) is 5.06. The molecule has 0 aliphatic heterocycles. The molecule has 0 aliphatic rings. The van der Waals surface area contributed by atoms with Crippen LogP contribution in [0.5, 0.6) is 0 Å². The molecule has 0 spiro atoms. The van der Waals surface area contributed by atoms with Crippen LogP contribution in [0.3, 0.4) is 0 Å². The van der Waals surface area contributed by atoms with Crippen molar-refractivity contribution in [2.75, 3.05) is 0 Å². The summed E-state index contributed by atoms with van der Waals surface area (Å²) < 4.78 is 97.0. The first-order chi connectivity index (χ1) is 16.1. The van der Waals surface area contributed by atoms with Crippen LogP contribution < -0.4 is 5.30 Å². The molecular weight excluding hydrogens is 540 g/mol. The van der Waals surface area contributed by atoms with Crippen LogP contribution in [0, 0.1) is 6.92 Å². The van der Waals surface area contributed by atoms with Crippen molar-refractivity contribution in [1.29, 1.82) is 0 Å². The Hall–Kier alpha value is -2.61. The van der Waals surface area contributed by atoms with E-state index in [2.05, 4.69) is 0 Å². The van der Waals surface area contributed by atoms with Crippen molar-refractivity contribution in [3.63, 3.8) is 0 Å². The van der Waals surface area contributed by atoms with Crippen LogP contribution in [0.15, 0.2) is 60.7 Å². The number of hydrogen-bond donors (Lipinski definition) is 0. The molecule has 1 unspecified atom stereocenters. The highest BCUT2D eigenvalue weighted by molar-refractivity contribution is 8.01. The highest BCUT2D eigenvalue weighted by atomic mass is 35.5. The predicted octanol–water partition coefficient (Wildman–Crippen LogP) is 8.01. The summed E-state index contributed by atoms with van der Waals surface area (Å²) in [5.41, 5.74) is -9.90. The van der Waals surface area contributed by atoms with Crippen molar-refractivity contribution in [3.8, 4) is 0 Å². The van der Waals surface area contributed by atoms with E-state index in [0.29, 0.717) is 6.07 Å². The number of benzene rings is 3. The number of aryl methyl sites for hydroxylation is 1. The van der Waals surface area contributed by atoms with E-state index in [1.165, 1.54) is 31.2 Å². The summed E-state index contributed by atoms with van der Waals surface area (Å²) >= 11 is 12.3. The number of hydrogen-bond acceptors (Lipinski definition) is 3. The molecule has 0 N–H and O–H groups in total. The number of carbonyl (C=O) groups is 2. The molecule has 0 radical (unpaired) electrons. The van der Waals surface area contributed by atoms with Crippen molar-refractivity contribution in [3.05, 3.63) is 98.5 Å². The number of halogens is 8. The van der Waals surface area contributed by atoms with Crippen molar-refractivity contribution < 1.29 is 40.5 Å². The fraction of sp³-hybridized carbons (Fsp3) is 0.130. The van der Waals surface area contributed by atoms with E-state index in [1.807, 2.05) is 0 Å². The van der Waals surface area contributed by atoms with E-state index in [9.17, 15) is 40.5 Å². The number of rotatable bonds is 5. The van der Waals surface area contributed by atoms with Crippen LogP contribution >= 0.6 is 30.3 Å². The highest BCUT2D eigenvalue weighted by Crippen LogP contribution is 2.56. The summed E-state index contributed by atoms with van der Waals surface area (Å²) in [6.45, 7) is 1.37. The molecule has 0 saturated heterocycles. The largest absolute Gasteiger partial charge is 0.417 e. The van der Waals surface area contributed by atoms with Crippen molar-refractivity contribution in [2.45, 2.75) is 19.3 Å². The van der Waals surface area contributed by atoms with Gasteiger partial charge in [0.05, 0.1) is 32.0 Å². The van der Waals surface area contributed by atoms with E-state index in [4.69, 9.17) is 23.2 Å². The van der Waals surface area contributed by atoms with Crippen LogP contribution in [0.25, 0.3) is 0 Å². The first kappa shape index (κ1) is 27.0. The van der Waals surface area contributed by atoms with Gasteiger partial charge < -0.3 is 4.57 Å². The fourth-order valence-electron chi connectivity index (χ4n) is 3.40. The topological polar surface area (TPSA) is 51.2 Å². The number of alkyl halides is 6. The van der Waals surface area contributed by atoms with Gasteiger partial charge in [0.2, 0.25) is 11.0 Å². The van der Waals surface area contributed by atoms with Gasteiger partial charge in [0.15, 0.2) is 0 Å². The SMILES string of the molecule is Cc1ccc(Cl)c(P(=O)(C(=O)c2ccccc2)C(=O)c2c(C(F)(F)F)cccc2C(F)(F)F)c1Cl. The Morgan fingerprint density at radius 3 is 1.74 bits per heavy atom. The van der Waals surface area contributed by atoms with Gasteiger partial charge in [-0.25, -0.2) is 0 Å². The third kappa shape index (κ3) is 4.90.